The maximum absolute atomic E-state index is 13.3. The molecule has 0 aromatic heterocycles. The number of carboxylic acid groups (broad SMARTS) is 1. The van der Waals surface area contributed by atoms with Crippen LogP contribution in [0.5, 0.6) is 5.75 Å². The first kappa shape index (κ1) is 24.4. The number of carbonyl (C=O) groups excluding carboxylic acids is 2. The van der Waals surface area contributed by atoms with Crippen LogP contribution in [0.3, 0.4) is 0 Å². The number of nitrogens with zero attached hydrogens (tertiary/aromatic N) is 2. The van der Waals surface area contributed by atoms with Crippen molar-refractivity contribution in [1.29, 1.82) is 0 Å². The van der Waals surface area contributed by atoms with Crippen LogP contribution in [0.1, 0.15) is 55.6 Å². The summed E-state index contributed by atoms with van der Waals surface area (Å²) in [4.78, 5) is 50.6. The molecule has 190 valence electrons. The number of rotatable bonds is 7. The molecule has 0 fully saturated rings. The second-order valence-electron chi connectivity index (χ2n) is 9.44. The monoisotopic (exact) mass is 502 g/mol. The summed E-state index contributed by atoms with van der Waals surface area (Å²) in [6, 6.07) is 13.4. The summed E-state index contributed by atoms with van der Waals surface area (Å²) in [6.07, 6.45) is 3.10. The van der Waals surface area contributed by atoms with Gasteiger partial charge >= 0.3 is 5.97 Å². The Morgan fingerprint density at radius 1 is 0.946 bits per heavy atom. The number of carbonyl (C=O) groups is 3. The number of nitro benzene ring substituents is 1. The Bertz CT molecular complexity index is 1310. The molecule has 0 bridgehead atoms. The minimum Gasteiger partial charge on any atom is -0.489 e. The van der Waals surface area contributed by atoms with Crippen LogP contribution in [-0.4, -0.2) is 39.0 Å². The van der Waals surface area contributed by atoms with Gasteiger partial charge in [0.05, 0.1) is 4.92 Å². The number of benzene rings is 2. The van der Waals surface area contributed by atoms with Gasteiger partial charge in [-0.15, -0.1) is 0 Å². The Morgan fingerprint density at radius 2 is 1.54 bits per heavy atom. The average molecular weight is 503 g/mol. The summed E-state index contributed by atoms with van der Waals surface area (Å²) in [7, 11) is 0. The van der Waals surface area contributed by atoms with Crippen molar-refractivity contribution in [3.8, 4) is 5.75 Å². The number of Topliss-reactive ketones (excluding diaryl/α,β-unsaturated/α-hetero) is 2. The predicted molar refractivity (Wildman–Crippen MR) is 133 cm³/mol. The number of hydrogen-bond donors (Lipinski definition) is 1. The number of ether oxygens (including phenoxy) is 1. The minimum absolute atomic E-state index is 0.0113. The highest BCUT2D eigenvalue weighted by Crippen LogP contribution is 2.50. The van der Waals surface area contributed by atoms with E-state index < -0.39 is 16.8 Å². The fraction of sp³-hybridized carbons (Fsp3) is 0.321. The van der Waals surface area contributed by atoms with Gasteiger partial charge in [-0.05, 0) is 49.4 Å². The van der Waals surface area contributed by atoms with Crippen molar-refractivity contribution in [1.82, 2.24) is 4.90 Å². The molecule has 5 rings (SSSR count). The number of allylic oxidation sites excluding steroid dienone is 4. The molecule has 0 radical (unpaired) electrons. The van der Waals surface area contributed by atoms with E-state index in [-0.39, 0.29) is 30.4 Å². The fourth-order valence-electron chi connectivity index (χ4n) is 5.58. The summed E-state index contributed by atoms with van der Waals surface area (Å²) >= 11 is 0. The summed E-state index contributed by atoms with van der Waals surface area (Å²) < 4.78 is 6.15. The molecule has 0 saturated carbocycles. The van der Waals surface area contributed by atoms with E-state index in [9.17, 15) is 29.6 Å². The van der Waals surface area contributed by atoms with Gasteiger partial charge < -0.3 is 14.7 Å². The van der Waals surface area contributed by atoms with Crippen LogP contribution in [0.4, 0.5) is 5.69 Å². The normalized spacial score (nSPS) is 18.0. The first-order chi connectivity index (χ1) is 17.8. The molecule has 1 N–H and O–H groups in total. The number of aliphatic carboxylic acids is 1. The highest BCUT2D eigenvalue weighted by Gasteiger charge is 2.44. The van der Waals surface area contributed by atoms with Crippen molar-refractivity contribution >= 4 is 23.2 Å². The molecule has 2 aromatic carbocycles. The minimum atomic E-state index is -1.01. The van der Waals surface area contributed by atoms with E-state index in [2.05, 4.69) is 0 Å². The van der Waals surface area contributed by atoms with Crippen LogP contribution in [0.15, 0.2) is 71.1 Å². The van der Waals surface area contributed by atoms with Crippen LogP contribution in [0.2, 0.25) is 0 Å². The van der Waals surface area contributed by atoms with E-state index in [1.54, 1.807) is 23.1 Å². The smallest absolute Gasteiger partial charge is 0.323 e. The van der Waals surface area contributed by atoms with E-state index in [0.717, 1.165) is 5.56 Å². The standard InChI is InChI=1S/C28H26N2O7/c31-22-8-3-6-20-27(22)26(28-21(7-4-9-23(28)32)29(20)15-25(33)34)19-5-1-2-10-24(19)37-16-17-11-13-18(14-12-17)30(35)36/h1-2,5,10-14,26H,3-4,6-9,15-16H2,(H,33,34). The van der Waals surface area contributed by atoms with Gasteiger partial charge in [-0.1, -0.05) is 18.2 Å². The Morgan fingerprint density at radius 3 is 2.11 bits per heavy atom. The van der Waals surface area contributed by atoms with Crippen molar-refractivity contribution in [2.24, 2.45) is 0 Å². The van der Waals surface area contributed by atoms with Gasteiger partial charge in [0.2, 0.25) is 0 Å². The third-order valence-corrected chi connectivity index (χ3v) is 7.15. The number of non-ortho nitro benzene ring substituents is 1. The zero-order chi connectivity index (χ0) is 26.1. The lowest BCUT2D eigenvalue weighted by atomic mass is 9.70. The van der Waals surface area contributed by atoms with Gasteiger partial charge in [0.15, 0.2) is 11.6 Å². The fourth-order valence-corrected chi connectivity index (χ4v) is 5.58. The number of hydrogen-bond acceptors (Lipinski definition) is 7. The second-order valence-corrected chi connectivity index (χ2v) is 9.44. The first-order valence-electron chi connectivity index (χ1n) is 12.3. The van der Waals surface area contributed by atoms with Crippen LogP contribution >= 0.6 is 0 Å². The van der Waals surface area contributed by atoms with Crippen LogP contribution in [0.25, 0.3) is 0 Å². The molecule has 0 saturated heterocycles. The van der Waals surface area contributed by atoms with E-state index in [4.69, 9.17) is 4.74 Å². The second kappa shape index (κ2) is 10.0. The molecule has 0 spiro atoms. The molecule has 2 aliphatic carbocycles. The Labute approximate surface area is 213 Å². The Balaban J connectivity index is 1.57. The lowest BCUT2D eigenvalue weighted by Gasteiger charge is -2.43. The Kier molecular flexibility index (Phi) is 6.60. The zero-order valence-electron chi connectivity index (χ0n) is 20.1. The van der Waals surface area contributed by atoms with Crippen LogP contribution < -0.4 is 4.74 Å². The molecule has 1 heterocycles. The molecular formula is C28H26N2O7. The molecule has 9 heteroatoms. The summed E-state index contributed by atoms with van der Waals surface area (Å²) in [5.41, 5.74) is 3.79. The topological polar surface area (TPSA) is 127 Å². The molecule has 0 atom stereocenters. The third-order valence-electron chi connectivity index (χ3n) is 7.15. The Hall–Kier alpha value is -4.27. The first-order valence-corrected chi connectivity index (χ1v) is 12.3. The lowest BCUT2D eigenvalue weighted by molar-refractivity contribution is -0.384. The molecule has 2 aromatic rings. The van der Waals surface area contributed by atoms with Gasteiger partial charge in [0.25, 0.3) is 5.69 Å². The van der Waals surface area contributed by atoms with Gasteiger partial charge in [-0.25, -0.2) is 0 Å². The van der Waals surface area contributed by atoms with Crippen molar-refractivity contribution in [2.45, 2.75) is 51.0 Å². The number of para-hydroxylation sites is 1. The lowest BCUT2D eigenvalue weighted by Crippen LogP contribution is -2.41. The van der Waals surface area contributed by atoms with E-state index in [1.165, 1.54) is 12.1 Å². The van der Waals surface area contributed by atoms with Crippen LogP contribution in [0, 0.1) is 10.1 Å². The van der Waals surface area contributed by atoms with Crippen molar-refractivity contribution in [3.05, 3.63) is 92.3 Å². The van der Waals surface area contributed by atoms with Crippen molar-refractivity contribution in [3.63, 3.8) is 0 Å². The summed E-state index contributed by atoms with van der Waals surface area (Å²) in [5, 5.41) is 20.6. The highest BCUT2D eigenvalue weighted by atomic mass is 16.6. The molecule has 37 heavy (non-hydrogen) atoms. The molecule has 0 unspecified atom stereocenters. The van der Waals surface area contributed by atoms with Crippen molar-refractivity contribution < 1.29 is 29.2 Å². The number of carboxylic acids is 1. The average Bonchev–Trinajstić information content (AvgIpc) is 2.88. The summed E-state index contributed by atoms with van der Waals surface area (Å²) in [5.74, 6) is -1.27. The number of ketones is 2. The van der Waals surface area contributed by atoms with Crippen molar-refractivity contribution in [2.75, 3.05) is 6.54 Å². The SMILES string of the molecule is O=C(O)CN1C2=C(C(=O)CCC2)C(c2ccccc2OCc2ccc([N+](=O)[O-])cc2)C2=C1CCCC2=O. The van der Waals surface area contributed by atoms with Gasteiger partial charge in [0.1, 0.15) is 18.9 Å². The molecule has 9 nitrogen and oxygen atoms in total. The maximum Gasteiger partial charge on any atom is 0.323 e. The number of nitro groups is 1. The highest BCUT2D eigenvalue weighted by molar-refractivity contribution is 6.06. The molecule has 0 amide bonds. The van der Waals surface area contributed by atoms with Crippen LogP contribution in [-0.2, 0) is 21.0 Å². The summed E-state index contributed by atoms with van der Waals surface area (Å²) in [6.45, 7) is -0.143. The molecular weight excluding hydrogens is 476 g/mol. The van der Waals surface area contributed by atoms with E-state index in [1.807, 2.05) is 18.2 Å². The zero-order valence-corrected chi connectivity index (χ0v) is 20.1. The van der Waals surface area contributed by atoms with Gasteiger partial charge in [-0.3, -0.25) is 24.5 Å². The van der Waals surface area contributed by atoms with E-state index >= 15 is 0 Å². The van der Waals surface area contributed by atoms with Gasteiger partial charge in [-0.2, -0.15) is 0 Å². The largest absolute Gasteiger partial charge is 0.489 e. The molecule has 1 aliphatic heterocycles. The van der Waals surface area contributed by atoms with E-state index in [0.29, 0.717) is 72.4 Å². The predicted octanol–water partition coefficient (Wildman–Crippen LogP) is 4.67. The molecule has 3 aliphatic rings. The maximum atomic E-state index is 13.3. The third kappa shape index (κ3) is 4.64. The quantitative estimate of drug-likeness (QED) is 0.427. The van der Waals surface area contributed by atoms with Gasteiger partial charge in [0, 0.05) is 59.0 Å².